The molecule has 0 saturated heterocycles. The molecule has 0 atom stereocenters. The van der Waals surface area contributed by atoms with Crippen molar-refractivity contribution in [2.24, 2.45) is 0 Å². The summed E-state index contributed by atoms with van der Waals surface area (Å²) in [4.78, 5) is 23.1. The molecule has 0 aliphatic carbocycles. The molecule has 0 saturated carbocycles. The maximum Gasteiger partial charge on any atom is 0.224 e. The van der Waals surface area contributed by atoms with Gasteiger partial charge in [-0.3, -0.25) is 9.59 Å². The number of rotatable bonds is 5. The Bertz CT molecular complexity index is 676. The van der Waals surface area contributed by atoms with Crippen LogP contribution in [0, 0.1) is 12.7 Å². The Balaban J connectivity index is 1.92. The zero-order chi connectivity index (χ0) is 15.4. The standard InChI is InChI=1S/C16H16FNO3/c1-10(19)15-9-14(21-11(15)2)6-7-16(20)18-13-5-3-4-12(17)8-13/h3-5,8-9H,6-7H2,1-2H3,(H,18,20). The molecule has 5 heteroatoms. The number of Topliss-reactive ketones (excluding diaryl/α,β-unsaturated/α-hetero) is 1. The predicted molar refractivity (Wildman–Crippen MR) is 76.8 cm³/mol. The number of halogens is 1. The normalized spacial score (nSPS) is 10.4. The molecule has 2 aromatic rings. The minimum atomic E-state index is -0.402. The van der Waals surface area contributed by atoms with Crippen molar-refractivity contribution in [1.29, 1.82) is 0 Å². The lowest BCUT2D eigenvalue weighted by Gasteiger charge is -2.04. The van der Waals surface area contributed by atoms with E-state index in [0.717, 1.165) is 0 Å². The van der Waals surface area contributed by atoms with Crippen LogP contribution in [0.4, 0.5) is 10.1 Å². The second-order valence-corrected chi connectivity index (χ2v) is 4.80. The van der Waals surface area contributed by atoms with E-state index in [-0.39, 0.29) is 18.1 Å². The van der Waals surface area contributed by atoms with Crippen LogP contribution >= 0.6 is 0 Å². The van der Waals surface area contributed by atoms with Gasteiger partial charge in [-0.25, -0.2) is 4.39 Å². The van der Waals surface area contributed by atoms with Crippen LogP contribution in [0.3, 0.4) is 0 Å². The van der Waals surface area contributed by atoms with Gasteiger partial charge >= 0.3 is 0 Å². The number of ketones is 1. The van der Waals surface area contributed by atoms with Gasteiger partial charge in [-0.2, -0.15) is 0 Å². The SMILES string of the molecule is CC(=O)c1cc(CCC(=O)Nc2cccc(F)c2)oc1C. The monoisotopic (exact) mass is 289 g/mol. The average molecular weight is 289 g/mol. The molecule has 110 valence electrons. The Morgan fingerprint density at radius 2 is 2.05 bits per heavy atom. The molecule has 1 amide bonds. The van der Waals surface area contributed by atoms with Crippen molar-refractivity contribution >= 4 is 17.4 Å². The average Bonchev–Trinajstić information content (AvgIpc) is 2.78. The summed E-state index contributed by atoms with van der Waals surface area (Å²) in [5.74, 6) is 0.446. The van der Waals surface area contributed by atoms with Gasteiger partial charge in [0.25, 0.3) is 0 Å². The van der Waals surface area contributed by atoms with Gasteiger partial charge in [0, 0.05) is 18.5 Å². The number of anilines is 1. The van der Waals surface area contributed by atoms with Crippen molar-refractivity contribution in [1.82, 2.24) is 0 Å². The van der Waals surface area contributed by atoms with Gasteiger partial charge in [-0.15, -0.1) is 0 Å². The van der Waals surface area contributed by atoms with Gasteiger partial charge < -0.3 is 9.73 Å². The van der Waals surface area contributed by atoms with E-state index in [2.05, 4.69) is 5.32 Å². The van der Waals surface area contributed by atoms with Crippen molar-refractivity contribution in [2.45, 2.75) is 26.7 Å². The lowest BCUT2D eigenvalue weighted by atomic mass is 10.1. The summed E-state index contributed by atoms with van der Waals surface area (Å²) in [7, 11) is 0. The van der Waals surface area contributed by atoms with Crippen LogP contribution in [0.25, 0.3) is 0 Å². The Morgan fingerprint density at radius 3 is 2.67 bits per heavy atom. The molecular formula is C16H16FNO3. The summed E-state index contributed by atoms with van der Waals surface area (Å²) < 4.78 is 18.4. The molecule has 2 rings (SSSR count). The maximum atomic E-state index is 13.0. The zero-order valence-electron chi connectivity index (χ0n) is 11.9. The fourth-order valence-corrected chi connectivity index (χ4v) is 2.04. The number of nitrogens with one attached hydrogen (secondary N) is 1. The third-order valence-electron chi connectivity index (χ3n) is 3.05. The van der Waals surface area contributed by atoms with E-state index in [0.29, 0.717) is 29.2 Å². The number of carbonyl (C=O) groups excluding carboxylic acids is 2. The Hall–Kier alpha value is -2.43. The first-order chi connectivity index (χ1) is 9.95. The van der Waals surface area contributed by atoms with E-state index in [4.69, 9.17) is 4.42 Å². The summed E-state index contributed by atoms with van der Waals surface area (Å²) in [5, 5.41) is 2.61. The molecule has 1 heterocycles. The second-order valence-electron chi connectivity index (χ2n) is 4.80. The lowest BCUT2D eigenvalue weighted by Crippen LogP contribution is -2.12. The summed E-state index contributed by atoms with van der Waals surface area (Å²) in [5.41, 5.74) is 0.954. The van der Waals surface area contributed by atoms with Crippen LogP contribution < -0.4 is 5.32 Å². The number of benzene rings is 1. The molecule has 0 bridgehead atoms. The van der Waals surface area contributed by atoms with Gasteiger partial charge in [0.1, 0.15) is 17.3 Å². The minimum Gasteiger partial charge on any atom is -0.466 e. The topological polar surface area (TPSA) is 59.3 Å². The highest BCUT2D eigenvalue weighted by molar-refractivity contribution is 5.95. The van der Waals surface area contributed by atoms with E-state index < -0.39 is 5.82 Å². The largest absolute Gasteiger partial charge is 0.466 e. The first-order valence-electron chi connectivity index (χ1n) is 6.61. The van der Waals surface area contributed by atoms with Crippen LogP contribution in [0.1, 0.15) is 35.2 Å². The number of carbonyl (C=O) groups is 2. The Labute approximate surface area is 122 Å². The third kappa shape index (κ3) is 4.02. The van der Waals surface area contributed by atoms with Crippen molar-refractivity contribution < 1.29 is 18.4 Å². The van der Waals surface area contributed by atoms with E-state index in [1.807, 2.05) is 0 Å². The molecule has 0 radical (unpaired) electrons. The van der Waals surface area contributed by atoms with Crippen molar-refractivity contribution in [3.63, 3.8) is 0 Å². The first-order valence-corrected chi connectivity index (χ1v) is 6.61. The number of hydrogen-bond acceptors (Lipinski definition) is 3. The number of amides is 1. The summed E-state index contributed by atoms with van der Waals surface area (Å²) in [6.07, 6.45) is 0.579. The second kappa shape index (κ2) is 6.35. The van der Waals surface area contributed by atoms with Crippen LogP contribution in [0.15, 0.2) is 34.7 Å². The van der Waals surface area contributed by atoms with Gasteiger partial charge in [-0.1, -0.05) is 6.07 Å². The number of furan rings is 1. The summed E-state index contributed by atoms with van der Waals surface area (Å²) >= 11 is 0. The minimum absolute atomic E-state index is 0.0632. The Kier molecular flexibility index (Phi) is 4.52. The van der Waals surface area contributed by atoms with Crippen molar-refractivity contribution in [2.75, 3.05) is 5.32 Å². The molecule has 0 aliphatic heterocycles. The van der Waals surface area contributed by atoms with Gasteiger partial charge in [0.2, 0.25) is 5.91 Å². The number of aryl methyl sites for hydroxylation is 2. The quantitative estimate of drug-likeness (QED) is 0.857. The van der Waals surface area contributed by atoms with Crippen molar-refractivity contribution in [3.8, 4) is 0 Å². The van der Waals surface area contributed by atoms with Crippen LogP contribution in [0.2, 0.25) is 0 Å². The third-order valence-corrected chi connectivity index (χ3v) is 3.05. The van der Waals surface area contributed by atoms with Gasteiger partial charge in [-0.05, 0) is 38.1 Å². The fourth-order valence-electron chi connectivity index (χ4n) is 2.04. The molecule has 1 N–H and O–H groups in total. The molecule has 4 nitrogen and oxygen atoms in total. The van der Waals surface area contributed by atoms with Crippen LogP contribution in [-0.4, -0.2) is 11.7 Å². The van der Waals surface area contributed by atoms with Crippen LogP contribution in [-0.2, 0) is 11.2 Å². The first kappa shape index (κ1) is 15.0. The fraction of sp³-hybridized carbons (Fsp3) is 0.250. The van der Waals surface area contributed by atoms with Crippen molar-refractivity contribution in [3.05, 3.63) is 53.2 Å². The maximum absolute atomic E-state index is 13.0. The molecular weight excluding hydrogens is 273 g/mol. The van der Waals surface area contributed by atoms with E-state index in [1.165, 1.54) is 25.1 Å². The van der Waals surface area contributed by atoms with Crippen LogP contribution in [0.5, 0.6) is 0 Å². The highest BCUT2D eigenvalue weighted by Crippen LogP contribution is 2.17. The molecule has 21 heavy (non-hydrogen) atoms. The molecule has 0 unspecified atom stereocenters. The predicted octanol–water partition coefficient (Wildman–Crippen LogP) is 3.50. The number of hydrogen-bond donors (Lipinski definition) is 1. The smallest absolute Gasteiger partial charge is 0.224 e. The van der Waals surface area contributed by atoms with E-state index >= 15 is 0 Å². The molecule has 0 aliphatic rings. The van der Waals surface area contributed by atoms with Gasteiger partial charge in [0.15, 0.2) is 5.78 Å². The summed E-state index contributed by atoms with van der Waals surface area (Å²) in [6.45, 7) is 3.19. The molecule has 1 aromatic carbocycles. The highest BCUT2D eigenvalue weighted by Gasteiger charge is 2.12. The lowest BCUT2D eigenvalue weighted by molar-refractivity contribution is -0.116. The molecule has 0 fully saturated rings. The molecule has 1 aromatic heterocycles. The highest BCUT2D eigenvalue weighted by atomic mass is 19.1. The zero-order valence-corrected chi connectivity index (χ0v) is 11.9. The van der Waals surface area contributed by atoms with E-state index in [9.17, 15) is 14.0 Å². The van der Waals surface area contributed by atoms with Gasteiger partial charge in [0.05, 0.1) is 5.56 Å². The van der Waals surface area contributed by atoms with E-state index in [1.54, 1.807) is 19.1 Å². The Morgan fingerprint density at radius 1 is 1.29 bits per heavy atom. The molecule has 0 spiro atoms. The summed E-state index contributed by atoms with van der Waals surface area (Å²) in [6, 6.07) is 7.37.